The third-order valence-electron chi connectivity index (χ3n) is 4.35. The lowest BCUT2D eigenvalue weighted by Crippen LogP contribution is -2.44. The number of anilines is 3. The van der Waals surface area contributed by atoms with Gasteiger partial charge in [0, 0.05) is 5.69 Å². The van der Waals surface area contributed by atoms with Gasteiger partial charge in [0.1, 0.15) is 6.54 Å². The average Bonchev–Trinajstić information content (AvgIpc) is 2.54. The van der Waals surface area contributed by atoms with E-state index in [1.807, 2.05) is 57.2 Å². The summed E-state index contributed by atoms with van der Waals surface area (Å²) in [4.78, 5) is 26.3. The third kappa shape index (κ3) is 3.11. The molecule has 0 fully saturated rings. The molecule has 3 rings (SSSR count). The van der Waals surface area contributed by atoms with Crippen LogP contribution in [0, 0.1) is 20.8 Å². The second kappa shape index (κ2) is 6.35. The Labute approximate surface area is 141 Å². The first kappa shape index (κ1) is 16.1. The zero-order valence-corrected chi connectivity index (χ0v) is 14.1. The van der Waals surface area contributed by atoms with E-state index >= 15 is 0 Å². The number of nitrogens with one attached hydrogen (secondary N) is 2. The van der Waals surface area contributed by atoms with Gasteiger partial charge in [-0.3, -0.25) is 14.5 Å². The third-order valence-corrected chi connectivity index (χ3v) is 4.35. The molecule has 0 saturated carbocycles. The standard InChI is InChI=1S/C19H21N3O2/c1-12-6-4-5-7-15(12)21-18(23)11-22-17-9-14(3)13(2)8-16(17)20-10-19(22)24/h4-9,20H,10-11H2,1-3H3,(H,21,23). The van der Waals surface area contributed by atoms with Gasteiger partial charge in [-0.1, -0.05) is 18.2 Å². The van der Waals surface area contributed by atoms with Crippen molar-refractivity contribution in [3.63, 3.8) is 0 Å². The molecule has 5 nitrogen and oxygen atoms in total. The monoisotopic (exact) mass is 323 g/mol. The van der Waals surface area contributed by atoms with Crippen LogP contribution in [0.5, 0.6) is 0 Å². The Bertz CT molecular complexity index is 814. The zero-order valence-electron chi connectivity index (χ0n) is 14.1. The molecule has 2 aromatic carbocycles. The number of carbonyl (C=O) groups excluding carboxylic acids is 2. The van der Waals surface area contributed by atoms with E-state index in [1.165, 1.54) is 0 Å². The summed E-state index contributed by atoms with van der Waals surface area (Å²) in [5, 5.41) is 6.00. The van der Waals surface area contributed by atoms with Gasteiger partial charge in [-0.2, -0.15) is 0 Å². The van der Waals surface area contributed by atoms with Gasteiger partial charge in [0.2, 0.25) is 11.8 Å². The molecule has 124 valence electrons. The summed E-state index contributed by atoms with van der Waals surface area (Å²) < 4.78 is 0. The number of carbonyl (C=O) groups is 2. The zero-order chi connectivity index (χ0) is 17.3. The topological polar surface area (TPSA) is 61.4 Å². The van der Waals surface area contributed by atoms with Crippen molar-refractivity contribution in [2.75, 3.05) is 28.6 Å². The lowest BCUT2D eigenvalue weighted by molar-refractivity contribution is -0.120. The van der Waals surface area contributed by atoms with Crippen molar-refractivity contribution in [1.29, 1.82) is 0 Å². The van der Waals surface area contributed by atoms with E-state index in [0.717, 1.165) is 33.8 Å². The fourth-order valence-electron chi connectivity index (χ4n) is 2.79. The molecule has 0 bridgehead atoms. The molecule has 1 heterocycles. The van der Waals surface area contributed by atoms with Crippen LogP contribution in [-0.2, 0) is 9.59 Å². The predicted octanol–water partition coefficient (Wildman–Crippen LogP) is 3.01. The molecule has 0 spiro atoms. The molecule has 0 saturated heterocycles. The first-order valence-corrected chi connectivity index (χ1v) is 7.96. The number of para-hydroxylation sites is 1. The van der Waals surface area contributed by atoms with E-state index in [-0.39, 0.29) is 24.9 Å². The second-order valence-corrected chi connectivity index (χ2v) is 6.15. The maximum Gasteiger partial charge on any atom is 0.246 e. The van der Waals surface area contributed by atoms with E-state index in [4.69, 9.17) is 0 Å². The van der Waals surface area contributed by atoms with Crippen molar-refractivity contribution in [3.05, 3.63) is 53.1 Å². The van der Waals surface area contributed by atoms with Crippen LogP contribution in [-0.4, -0.2) is 24.9 Å². The first-order valence-electron chi connectivity index (χ1n) is 7.96. The maximum atomic E-state index is 12.4. The summed E-state index contributed by atoms with van der Waals surface area (Å²) in [6, 6.07) is 11.6. The van der Waals surface area contributed by atoms with Gasteiger partial charge < -0.3 is 10.6 Å². The predicted molar refractivity (Wildman–Crippen MR) is 96.6 cm³/mol. The largest absolute Gasteiger partial charge is 0.374 e. The highest BCUT2D eigenvalue weighted by Crippen LogP contribution is 2.32. The highest BCUT2D eigenvalue weighted by molar-refractivity contribution is 6.08. The van der Waals surface area contributed by atoms with Crippen molar-refractivity contribution in [2.24, 2.45) is 0 Å². The molecule has 5 heteroatoms. The van der Waals surface area contributed by atoms with Crippen molar-refractivity contribution < 1.29 is 9.59 Å². The van der Waals surface area contributed by atoms with E-state index in [9.17, 15) is 9.59 Å². The average molecular weight is 323 g/mol. The molecule has 0 radical (unpaired) electrons. The fourth-order valence-corrected chi connectivity index (χ4v) is 2.79. The highest BCUT2D eigenvalue weighted by atomic mass is 16.2. The van der Waals surface area contributed by atoms with Gasteiger partial charge in [0.25, 0.3) is 0 Å². The lowest BCUT2D eigenvalue weighted by atomic mass is 10.1. The fraction of sp³-hybridized carbons (Fsp3) is 0.263. The van der Waals surface area contributed by atoms with Gasteiger partial charge in [0.15, 0.2) is 0 Å². The molecule has 2 aromatic rings. The number of rotatable bonds is 3. The van der Waals surface area contributed by atoms with Crippen LogP contribution in [0.25, 0.3) is 0 Å². The minimum atomic E-state index is -0.205. The normalized spacial score (nSPS) is 13.3. The van der Waals surface area contributed by atoms with E-state index in [1.54, 1.807) is 4.90 Å². The smallest absolute Gasteiger partial charge is 0.246 e. The number of hydrogen-bond acceptors (Lipinski definition) is 3. The molecular formula is C19H21N3O2. The molecule has 0 unspecified atom stereocenters. The van der Waals surface area contributed by atoms with Crippen LogP contribution in [0.3, 0.4) is 0 Å². The first-order chi connectivity index (χ1) is 11.5. The van der Waals surface area contributed by atoms with Crippen LogP contribution in [0.2, 0.25) is 0 Å². The molecule has 1 aliphatic heterocycles. The van der Waals surface area contributed by atoms with Crippen molar-refractivity contribution >= 4 is 28.9 Å². The quantitative estimate of drug-likeness (QED) is 0.913. The molecule has 0 atom stereocenters. The van der Waals surface area contributed by atoms with Gasteiger partial charge in [-0.05, 0) is 55.7 Å². The number of fused-ring (bicyclic) bond motifs is 1. The van der Waals surface area contributed by atoms with Crippen molar-refractivity contribution in [2.45, 2.75) is 20.8 Å². The van der Waals surface area contributed by atoms with E-state index in [0.29, 0.717) is 0 Å². The Morgan fingerprint density at radius 2 is 1.83 bits per heavy atom. The van der Waals surface area contributed by atoms with Crippen LogP contribution in [0.4, 0.5) is 17.1 Å². The summed E-state index contributed by atoms with van der Waals surface area (Å²) in [5.41, 5.74) is 5.65. The number of aryl methyl sites for hydroxylation is 3. The second-order valence-electron chi connectivity index (χ2n) is 6.15. The van der Waals surface area contributed by atoms with Gasteiger partial charge >= 0.3 is 0 Å². The molecule has 24 heavy (non-hydrogen) atoms. The summed E-state index contributed by atoms with van der Waals surface area (Å²) in [6.07, 6.45) is 0. The minimum Gasteiger partial charge on any atom is -0.374 e. The van der Waals surface area contributed by atoms with Crippen molar-refractivity contribution in [3.8, 4) is 0 Å². The van der Waals surface area contributed by atoms with Crippen LogP contribution in [0.1, 0.15) is 16.7 Å². The Kier molecular flexibility index (Phi) is 4.25. The molecule has 2 N–H and O–H groups in total. The SMILES string of the molecule is Cc1cc2c(cc1C)N(CC(=O)Nc1ccccc1C)C(=O)CN2. The molecule has 0 aromatic heterocycles. The summed E-state index contributed by atoms with van der Waals surface area (Å²) in [6.45, 7) is 6.17. The summed E-state index contributed by atoms with van der Waals surface area (Å²) in [5.74, 6) is -0.311. The minimum absolute atomic E-state index is 0.00431. The number of benzene rings is 2. The van der Waals surface area contributed by atoms with E-state index < -0.39 is 0 Å². The Morgan fingerprint density at radius 3 is 2.58 bits per heavy atom. The number of nitrogens with zero attached hydrogens (tertiary/aromatic N) is 1. The van der Waals surface area contributed by atoms with Gasteiger partial charge in [-0.25, -0.2) is 0 Å². The Hall–Kier alpha value is -2.82. The molecule has 0 aliphatic carbocycles. The van der Waals surface area contributed by atoms with Gasteiger partial charge in [0.05, 0.1) is 17.9 Å². The summed E-state index contributed by atoms with van der Waals surface area (Å²) >= 11 is 0. The van der Waals surface area contributed by atoms with Gasteiger partial charge in [-0.15, -0.1) is 0 Å². The Balaban J connectivity index is 1.82. The molecule has 1 aliphatic rings. The Morgan fingerprint density at radius 1 is 1.12 bits per heavy atom. The number of amides is 2. The van der Waals surface area contributed by atoms with Crippen molar-refractivity contribution in [1.82, 2.24) is 0 Å². The maximum absolute atomic E-state index is 12.4. The molecule has 2 amide bonds. The van der Waals surface area contributed by atoms with E-state index in [2.05, 4.69) is 10.6 Å². The molecular weight excluding hydrogens is 302 g/mol. The van der Waals surface area contributed by atoms with Crippen LogP contribution in [0.15, 0.2) is 36.4 Å². The summed E-state index contributed by atoms with van der Waals surface area (Å²) in [7, 11) is 0. The van der Waals surface area contributed by atoms with Crippen LogP contribution >= 0.6 is 0 Å². The lowest BCUT2D eigenvalue weighted by Gasteiger charge is -2.30. The van der Waals surface area contributed by atoms with Crippen LogP contribution < -0.4 is 15.5 Å². The highest BCUT2D eigenvalue weighted by Gasteiger charge is 2.26. The number of hydrogen-bond donors (Lipinski definition) is 2.